The van der Waals surface area contributed by atoms with Gasteiger partial charge in [0.05, 0.1) is 18.4 Å². The van der Waals surface area contributed by atoms with Gasteiger partial charge in [-0.1, -0.05) is 26.0 Å². The molecule has 0 radical (unpaired) electrons. The normalized spacial score (nSPS) is 11.7. The number of carbonyl (C=O) groups is 3. The average molecular weight is 572 g/mol. The van der Waals surface area contributed by atoms with E-state index in [9.17, 15) is 19.5 Å². The number of carbonyl (C=O) groups excluding carboxylic acids is 2. The minimum absolute atomic E-state index is 0.0199. The van der Waals surface area contributed by atoms with Crippen molar-refractivity contribution in [2.75, 3.05) is 23.3 Å². The monoisotopic (exact) mass is 571 g/mol. The molecule has 4 aromatic rings. The molecule has 13 heteroatoms. The van der Waals surface area contributed by atoms with Gasteiger partial charge in [0.25, 0.3) is 11.8 Å². The molecule has 0 fully saturated rings. The first-order chi connectivity index (χ1) is 20.1. The second kappa shape index (κ2) is 13.4. The molecule has 0 aliphatic carbocycles. The second-order valence-corrected chi connectivity index (χ2v) is 9.97. The molecule has 2 amide bonds. The van der Waals surface area contributed by atoms with Crippen molar-refractivity contribution in [1.29, 1.82) is 0 Å². The maximum absolute atomic E-state index is 12.7. The van der Waals surface area contributed by atoms with Crippen molar-refractivity contribution in [3.63, 3.8) is 0 Å². The molecular formula is C29H33N9O4. The van der Waals surface area contributed by atoms with E-state index in [1.54, 1.807) is 42.6 Å². The summed E-state index contributed by atoms with van der Waals surface area (Å²) in [7, 11) is 0. The highest BCUT2D eigenvalue weighted by atomic mass is 16.4. The zero-order valence-corrected chi connectivity index (χ0v) is 23.3. The number of carboxylic acids is 1. The Bertz CT molecular complexity index is 1580. The topological polar surface area (TPSA) is 211 Å². The lowest BCUT2D eigenvalue weighted by Crippen LogP contribution is -2.41. The van der Waals surface area contributed by atoms with Gasteiger partial charge in [-0.05, 0) is 60.7 Å². The van der Waals surface area contributed by atoms with E-state index < -0.39 is 17.9 Å². The largest absolute Gasteiger partial charge is 0.480 e. The first-order valence-corrected chi connectivity index (χ1v) is 13.4. The molecule has 0 aliphatic rings. The third-order valence-electron chi connectivity index (χ3n) is 6.52. The van der Waals surface area contributed by atoms with Gasteiger partial charge in [0.1, 0.15) is 6.04 Å². The summed E-state index contributed by atoms with van der Waals surface area (Å²) in [5.41, 5.74) is 15.4. The van der Waals surface area contributed by atoms with E-state index in [2.05, 4.69) is 49.7 Å². The summed E-state index contributed by atoms with van der Waals surface area (Å²) < 4.78 is 0. The molecule has 13 nitrogen and oxygen atoms in total. The fraction of sp³-hybridized carbons (Fsp3) is 0.276. The molecule has 42 heavy (non-hydrogen) atoms. The molecule has 0 aliphatic heterocycles. The van der Waals surface area contributed by atoms with Gasteiger partial charge in [-0.3, -0.25) is 9.59 Å². The number of nitrogens with two attached hydrogens (primary N) is 2. The highest BCUT2D eigenvalue weighted by molar-refractivity contribution is 5.97. The van der Waals surface area contributed by atoms with Crippen molar-refractivity contribution < 1.29 is 19.5 Å². The number of aliphatic carboxylic acids is 1. The van der Waals surface area contributed by atoms with E-state index in [4.69, 9.17) is 11.5 Å². The van der Waals surface area contributed by atoms with Crippen molar-refractivity contribution in [1.82, 2.24) is 30.6 Å². The number of rotatable bonds is 12. The van der Waals surface area contributed by atoms with E-state index in [0.29, 0.717) is 52.6 Å². The highest BCUT2D eigenvalue weighted by Crippen LogP contribution is 2.17. The maximum Gasteiger partial charge on any atom is 0.326 e. The van der Waals surface area contributed by atoms with Crippen molar-refractivity contribution in [3.05, 3.63) is 77.1 Å². The molecule has 1 atom stereocenters. The van der Waals surface area contributed by atoms with E-state index >= 15 is 0 Å². The smallest absolute Gasteiger partial charge is 0.326 e. The van der Waals surface area contributed by atoms with E-state index in [-0.39, 0.29) is 30.6 Å². The Hall–Kier alpha value is -5.33. The van der Waals surface area contributed by atoms with Gasteiger partial charge >= 0.3 is 5.97 Å². The fourth-order valence-electron chi connectivity index (χ4n) is 4.13. The summed E-state index contributed by atoms with van der Waals surface area (Å²) in [5, 5.41) is 18.1. The molecule has 0 unspecified atom stereocenters. The SMILES string of the molecule is CC(C)c1ccc(C(=O)NCCC[C@H](NC(=O)c2ccc(NCc3cnc4nc(N)nc(N)c4n3)cc2)C(=O)O)cc1. The van der Waals surface area contributed by atoms with E-state index in [0.717, 1.165) is 5.56 Å². The third kappa shape index (κ3) is 7.65. The Morgan fingerprint density at radius 2 is 1.57 bits per heavy atom. The molecule has 4 rings (SSSR count). The van der Waals surface area contributed by atoms with Crippen LogP contribution in [-0.2, 0) is 11.3 Å². The standard InChI is InChI=1S/C29H33N9O4/c1-16(2)17-5-7-18(8-6-17)26(39)32-13-3-4-22(28(41)42)36-27(40)19-9-11-20(12-10-19)33-14-21-15-34-25-23(35-21)24(30)37-29(31)38-25/h5-12,15-16,22,33H,3-4,13-14H2,1-2H3,(H,32,39)(H,36,40)(H,41,42)(H4,30,31,34,37,38)/t22-/m0/s1. The number of aromatic nitrogens is 4. The van der Waals surface area contributed by atoms with Crippen molar-refractivity contribution in [2.24, 2.45) is 0 Å². The van der Waals surface area contributed by atoms with Crippen LogP contribution in [0.5, 0.6) is 0 Å². The first kappa shape index (κ1) is 29.6. The zero-order valence-electron chi connectivity index (χ0n) is 23.3. The van der Waals surface area contributed by atoms with Crippen LogP contribution in [0.15, 0.2) is 54.7 Å². The fourth-order valence-corrected chi connectivity index (χ4v) is 4.13. The molecule has 0 spiro atoms. The number of hydrogen-bond acceptors (Lipinski definition) is 10. The molecule has 0 bridgehead atoms. The van der Waals surface area contributed by atoms with Crippen LogP contribution in [0.3, 0.4) is 0 Å². The number of carboxylic acid groups (broad SMARTS) is 1. The summed E-state index contributed by atoms with van der Waals surface area (Å²) in [5.74, 6) is -1.37. The predicted molar refractivity (Wildman–Crippen MR) is 159 cm³/mol. The summed E-state index contributed by atoms with van der Waals surface area (Å²) in [6.07, 6.45) is 2.07. The quantitative estimate of drug-likeness (QED) is 0.136. The number of nitrogens with one attached hydrogen (secondary N) is 3. The van der Waals surface area contributed by atoms with E-state index in [1.807, 2.05) is 12.1 Å². The zero-order chi connectivity index (χ0) is 30.2. The van der Waals surface area contributed by atoms with Gasteiger partial charge in [0.15, 0.2) is 17.0 Å². The number of benzene rings is 2. The molecule has 2 aromatic carbocycles. The lowest BCUT2D eigenvalue weighted by molar-refractivity contribution is -0.139. The summed E-state index contributed by atoms with van der Waals surface area (Å²) in [6.45, 7) is 4.75. The van der Waals surface area contributed by atoms with Gasteiger partial charge in [-0.15, -0.1) is 0 Å². The van der Waals surface area contributed by atoms with Crippen LogP contribution >= 0.6 is 0 Å². The Balaban J connectivity index is 1.25. The Kier molecular flexibility index (Phi) is 9.42. The van der Waals surface area contributed by atoms with Crippen LogP contribution in [0, 0.1) is 0 Å². The van der Waals surface area contributed by atoms with Crippen LogP contribution in [0.4, 0.5) is 17.5 Å². The number of fused-ring (bicyclic) bond motifs is 1. The first-order valence-electron chi connectivity index (χ1n) is 13.4. The number of hydrogen-bond donors (Lipinski definition) is 6. The maximum atomic E-state index is 12.7. The summed E-state index contributed by atoms with van der Waals surface area (Å²) in [6, 6.07) is 12.8. The molecule has 0 saturated heterocycles. The summed E-state index contributed by atoms with van der Waals surface area (Å²) >= 11 is 0. The highest BCUT2D eigenvalue weighted by Gasteiger charge is 2.20. The average Bonchev–Trinajstić information content (AvgIpc) is 2.97. The van der Waals surface area contributed by atoms with E-state index in [1.165, 1.54) is 0 Å². The molecule has 8 N–H and O–H groups in total. The van der Waals surface area contributed by atoms with Gasteiger partial charge in [0, 0.05) is 23.4 Å². The van der Waals surface area contributed by atoms with Gasteiger partial charge < -0.3 is 32.5 Å². The lowest BCUT2D eigenvalue weighted by Gasteiger charge is -2.15. The van der Waals surface area contributed by atoms with Gasteiger partial charge in [-0.2, -0.15) is 9.97 Å². The van der Waals surface area contributed by atoms with Gasteiger partial charge in [-0.25, -0.2) is 14.8 Å². The molecule has 2 aromatic heterocycles. The van der Waals surface area contributed by atoms with Gasteiger partial charge in [0.2, 0.25) is 5.95 Å². The number of nitrogens with zero attached hydrogens (tertiary/aromatic N) is 4. The van der Waals surface area contributed by atoms with Crippen LogP contribution in [0.2, 0.25) is 0 Å². The van der Waals surface area contributed by atoms with Crippen molar-refractivity contribution in [2.45, 2.75) is 45.2 Å². The Morgan fingerprint density at radius 3 is 2.24 bits per heavy atom. The van der Waals surface area contributed by atoms with Crippen LogP contribution in [0.25, 0.3) is 11.2 Å². The number of nitrogen functional groups attached to an aromatic ring is 2. The predicted octanol–water partition coefficient (Wildman–Crippen LogP) is 2.71. The number of amides is 2. The summed E-state index contributed by atoms with van der Waals surface area (Å²) in [4.78, 5) is 53.4. The van der Waals surface area contributed by atoms with Crippen LogP contribution < -0.4 is 27.4 Å². The van der Waals surface area contributed by atoms with Crippen molar-refractivity contribution in [3.8, 4) is 0 Å². The van der Waals surface area contributed by atoms with Crippen molar-refractivity contribution >= 4 is 46.4 Å². The molecule has 218 valence electrons. The minimum Gasteiger partial charge on any atom is -0.480 e. The molecule has 0 saturated carbocycles. The minimum atomic E-state index is -1.15. The molecular weight excluding hydrogens is 538 g/mol. The second-order valence-electron chi connectivity index (χ2n) is 9.97. The lowest BCUT2D eigenvalue weighted by atomic mass is 10.0. The Labute approximate surface area is 242 Å². The Morgan fingerprint density at radius 1 is 0.905 bits per heavy atom. The molecule has 2 heterocycles. The van der Waals surface area contributed by atoms with Crippen LogP contribution in [-0.4, -0.2) is 55.4 Å². The third-order valence-corrected chi connectivity index (χ3v) is 6.52. The van der Waals surface area contributed by atoms with Crippen LogP contribution in [0.1, 0.15) is 64.6 Å². The number of anilines is 3.